The number of aliphatic hydroxyl groups excluding tert-OH is 1. The molecule has 4 nitrogen and oxygen atoms in total. The standard InChI is InChI=1S/C9H14O4/c1-8(12)6(10)2-3-9(8)4-5-13-7(9)11/h6,10,12H,2-5H2,1H3/t6-,8-,9+/m1/s1. The van der Waals surface area contributed by atoms with Crippen LogP contribution in [-0.2, 0) is 9.53 Å². The maximum atomic E-state index is 11.5. The number of ether oxygens (including phenoxy) is 1. The monoisotopic (exact) mass is 186 g/mol. The number of aliphatic hydroxyl groups is 2. The fraction of sp³-hybridized carbons (Fsp3) is 0.889. The molecule has 1 saturated carbocycles. The van der Waals surface area contributed by atoms with E-state index < -0.39 is 17.1 Å². The van der Waals surface area contributed by atoms with Crippen LogP contribution in [0.2, 0.25) is 0 Å². The predicted molar refractivity (Wildman–Crippen MR) is 43.9 cm³/mol. The summed E-state index contributed by atoms with van der Waals surface area (Å²) in [6.45, 7) is 1.89. The number of hydrogen-bond donors (Lipinski definition) is 2. The molecular formula is C9H14O4. The van der Waals surface area contributed by atoms with E-state index in [1.807, 2.05) is 0 Å². The van der Waals surface area contributed by atoms with Crippen LogP contribution in [0.4, 0.5) is 0 Å². The highest BCUT2D eigenvalue weighted by Crippen LogP contribution is 2.52. The lowest BCUT2D eigenvalue weighted by Crippen LogP contribution is -2.50. The van der Waals surface area contributed by atoms with Gasteiger partial charge in [0.15, 0.2) is 0 Å². The lowest BCUT2D eigenvalue weighted by Gasteiger charge is -2.34. The lowest BCUT2D eigenvalue weighted by molar-refractivity contribution is -0.163. The molecule has 2 fully saturated rings. The second-order valence-electron chi connectivity index (χ2n) is 4.17. The molecule has 2 aliphatic rings. The van der Waals surface area contributed by atoms with Gasteiger partial charge in [-0.15, -0.1) is 0 Å². The Bertz CT molecular complexity index is 248. The van der Waals surface area contributed by atoms with Crippen LogP contribution in [0, 0.1) is 5.41 Å². The van der Waals surface area contributed by atoms with Crippen LogP contribution in [0.5, 0.6) is 0 Å². The minimum absolute atomic E-state index is 0.353. The van der Waals surface area contributed by atoms with Gasteiger partial charge >= 0.3 is 5.97 Å². The number of carbonyl (C=O) groups excluding carboxylic acids is 1. The molecule has 0 amide bonds. The molecule has 13 heavy (non-hydrogen) atoms. The van der Waals surface area contributed by atoms with Crippen molar-refractivity contribution in [2.24, 2.45) is 5.41 Å². The fourth-order valence-corrected chi connectivity index (χ4v) is 2.48. The first-order valence-electron chi connectivity index (χ1n) is 4.58. The van der Waals surface area contributed by atoms with Gasteiger partial charge in [-0.05, 0) is 19.8 Å². The second-order valence-corrected chi connectivity index (χ2v) is 4.17. The Morgan fingerprint density at radius 1 is 1.54 bits per heavy atom. The number of rotatable bonds is 0. The summed E-state index contributed by atoms with van der Waals surface area (Å²) < 4.78 is 4.86. The molecule has 74 valence electrons. The Balaban J connectivity index is 2.38. The van der Waals surface area contributed by atoms with Crippen molar-refractivity contribution in [3.63, 3.8) is 0 Å². The molecule has 0 unspecified atom stereocenters. The first-order chi connectivity index (χ1) is 6.01. The molecule has 1 heterocycles. The van der Waals surface area contributed by atoms with Crippen molar-refractivity contribution in [2.75, 3.05) is 6.61 Å². The van der Waals surface area contributed by atoms with Crippen molar-refractivity contribution in [1.82, 2.24) is 0 Å². The smallest absolute Gasteiger partial charge is 0.315 e. The third kappa shape index (κ3) is 0.901. The molecule has 0 aromatic carbocycles. The van der Waals surface area contributed by atoms with Gasteiger partial charge < -0.3 is 14.9 Å². The molecule has 0 aromatic rings. The van der Waals surface area contributed by atoms with E-state index in [-0.39, 0.29) is 5.97 Å². The van der Waals surface area contributed by atoms with Crippen molar-refractivity contribution in [2.45, 2.75) is 37.9 Å². The van der Waals surface area contributed by atoms with E-state index in [0.717, 1.165) is 0 Å². The van der Waals surface area contributed by atoms with Crippen LogP contribution >= 0.6 is 0 Å². The van der Waals surface area contributed by atoms with Crippen molar-refractivity contribution in [3.8, 4) is 0 Å². The topological polar surface area (TPSA) is 66.8 Å². The van der Waals surface area contributed by atoms with E-state index in [1.54, 1.807) is 0 Å². The Hall–Kier alpha value is -0.610. The fourth-order valence-electron chi connectivity index (χ4n) is 2.48. The maximum Gasteiger partial charge on any atom is 0.315 e. The van der Waals surface area contributed by atoms with Gasteiger partial charge in [-0.3, -0.25) is 4.79 Å². The summed E-state index contributed by atoms with van der Waals surface area (Å²) >= 11 is 0. The zero-order chi connectivity index (χ0) is 9.69. The summed E-state index contributed by atoms with van der Waals surface area (Å²) in [5.74, 6) is -0.353. The molecule has 2 rings (SSSR count). The van der Waals surface area contributed by atoms with E-state index >= 15 is 0 Å². The highest BCUT2D eigenvalue weighted by molar-refractivity contribution is 5.81. The quantitative estimate of drug-likeness (QED) is 0.515. The molecule has 1 aliphatic carbocycles. The molecule has 2 N–H and O–H groups in total. The maximum absolute atomic E-state index is 11.5. The van der Waals surface area contributed by atoms with Crippen LogP contribution < -0.4 is 0 Å². The summed E-state index contributed by atoms with van der Waals surface area (Å²) in [5.41, 5.74) is -2.16. The van der Waals surface area contributed by atoms with Crippen molar-refractivity contribution >= 4 is 5.97 Å². The molecular weight excluding hydrogens is 172 g/mol. The Labute approximate surface area is 76.5 Å². The first kappa shape index (κ1) is 8.97. The number of hydrogen-bond acceptors (Lipinski definition) is 4. The van der Waals surface area contributed by atoms with E-state index in [0.29, 0.717) is 25.9 Å². The Morgan fingerprint density at radius 2 is 2.23 bits per heavy atom. The van der Waals surface area contributed by atoms with Gasteiger partial charge in [0, 0.05) is 6.42 Å². The van der Waals surface area contributed by atoms with Crippen LogP contribution in [0.15, 0.2) is 0 Å². The molecule has 0 bridgehead atoms. The van der Waals surface area contributed by atoms with E-state index in [2.05, 4.69) is 0 Å². The van der Waals surface area contributed by atoms with Crippen molar-refractivity contribution < 1.29 is 19.7 Å². The van der Waals surface area contributed by atoms with Crippen molar-refractivity contribution in [1.29, 1.82) is 0 Å². The molecule has 1 aliphatic heterocycles. The summed E-state index contributed by atoms with van der Waals surface area (Å²) in [7, 11) is 0. The average Bonchev–Trinajstić information content (AvgIpc) is 2.52. The van der Waals surface area contributed by atoms with Crippen LogP contribution in [0.1, 0.15) is 26.2 Å². The molecule has 1 saturated heterocycles. The minimum atomic E-state index is -1.32. The number of cyclic esters (lactones) is 1. The summed E-state index contributed by atoms with van der Waals surface area (Å²) in [6.07, 6.45) is 0.719. The summed E-state index contributed by atoms with van der Waals surface area (Å²) in [4.78, 5) is 11.5. The Kier molecular flexibility index (Phi) is 1.69. The van der Waals surface area contributed by atoms with Gasteiger partial charge in [0.25, 0.3) is 0 Å². The zero-order valence-electron chi connectivity index (χ0n) is 7.62. The van der Waals surface area contributed by atoms with E-state index in [1.165, 1.54) is 6.92 Å². The third-order valence-corrected chi connectivity index (χ3v) is 3.62. The van der Waals surface area contributed by atoms with Crippen molar-refractivity contribution in [3.05, 3.63) is 0 Å². The third-order valence-electron chi connectivity index (χ3n) is 3.62. The minimum Gasteiger partial charge on any atom is -0.465 e. The predicted octanol–water partition coefficient (Wildman–Crippen LogP) is -0.175. The van der Waals surface area contributed by atoms with Gasteiger partial charge in [-0.25, -0.2) is 0 Å². The lowest BCUT2D eigenvalue weighted by atomic mass is 9.73. The Morgan fingerprint density at radius 3 is 2.62 bits per heavy atom. The van der Waals surface area contributed by atoms with E-state index in [9.17, 15) is 15.0 Å². The van der Waals surface area contributed by atoms with Crippen LogP contribution in [0.25, 0.3) is 0 Å². The van der Waals surface area contributed by atoms with Gasteiger partial charge in [0.2, 0.25) is 0 Å². The highest BCUT2D eigenvalue weighted by atomic mass is 16.5. The van der Waals surface area contributed by atoms with Gasteiger partial charge in [0.1, 0.15) is 11.0 Å². The second kappa shape index (κ2) is 2.45. The molecule has 3 atom stereocenters. The molecule has 4 heteroatoms. The molecule has 0 radical (unpaired) electrons. The van der Waals surface area contributed by atoms with E-state index in [4.69, 9.17) is 4.74 Å². The van der Waals surface area contributed by atoms with Crippen LogP contribution in [0.3, 0.4) is 0 Å². The highest BCUT2D eigenvalue weighted by Gasteiger charge is 2.63. The summed E-state index contributed by atoms with van der Waals surface area (Å²) in [5, 5.41) is 19.6. The van der Waals surface area contributed by atoms with Crippen LogP contribution in [-0.4, -0.2) is 34.5 Å². The molecule has 1 spiro atoms. The molecule has 0 aromatic heterocycles. The van der Waals surface area contributed by atoms with Gasteiger partial charge in [-0.1, -0.05) is 0 Å². The van der Waals surface area contributed by atoms with Gasteiger partial charge in [0.05, 0.1) is 12.7 Å². The first-order valence-corrected chi connectivity index (χ1v) is 4.58. The summed E-state index contributed by atoms with van der Waals surface area (Å²) in [6, 6.07) is 0. The normalized spacial score (nSPS) is 50.1. The number of carbonyl (C=O) groups is 1. The SMILES string of the molecule is C[C@@]1(O)[C@H](O)CC[C@@]12CCOC2=O. The zero-order valence-corrected chi connectivity index (χ0v) is 7.62. The number of esters is 1. The largest absolute Gasteiger partial charge is 0.465 e. The van der Waals surface area contributed by atoms with Gasteiger partial charge in [-0.2, -0.15) is 0 Å². The average molecular weight is 186 g/mol.